The van der Waals surface area contributed by atoms with Crippen LogP contribution in [0.4, 0.5) is 11.5 Å². The van der Waals surface area contributed by atoms with Crippen LogP contribution < -0.4 is 5.32 Å². The molecule has 2 aromatic heterocycles. The number of carbonyl (C=O) groups excluding carboxylic acids is 1. The summed E-state index contributed by atoms with van der Waals surface area (Å²) in [6, 6.07) is 17.8. The highest BCUT2D eigenvalue weighted by molar-refractivity contribution is 5.84. The first-order valence-electron chi connectivity index (χ1n) is 11.0. The van der Waals surface area contributed by atoms with Gasteiger partial charge in [0, 0.05) is 18.8 Å². The predicted molar refractivity (Wildman–Crippen MR) is 124 cm³/mol. The highest BCUT2D eigenvalue weighted by atomic mass is 16.5. The molecule has 1 unspecified atom stereocenters. The van der Waals surface area contributed by atoms with Gasteiger partial charge in [-0.2, -0.15) is 0 Å². The lowest BCUT2D eigenvalue weighted by atomic mass is 10.1. The number of aromatic nitrogens is 5. The minimum absolute atomic E-state index is 0.109. The molecule has 0 spiro atoms. The first-order valence-corrected chi connectivity index (χ1v) is 11.0. The van der Waals surface area contributed by atoms with Crippen molar-refractivity contribution in [2.45, 2.75) is 26.0 Å². The van der Waals surface area contributed by atoms with Gasteiger partial charge in [-0.05, 0) is 30.2 Å². The molecule has 1 amide bonds. The second-order valence-corrected chi connectivity index (χ2v) is 8.09. The number of nitrogens with one attached hydrogen (secondary N) is 1. The Bertz CT molecular complexity index is 1260. The number of aryl methyl sites for hydroxylation is 1. The van der Waals surface area contributed by atoms with Crippen molar-refractivity contribution in [2.75, 3.05) is 25.0 Å². The van der Waals surface area contributed by atoms with Gasteiger partial charge in [0.05, 0.1) is 25.7 Å². The Hall–Kier alpha value is -3.85. The van der Waals surface area contributed by atoms with E-state index in [1.165, 1.54) is 6.33 Å². The lowest BCUT2D eigenvalue weighted by Crippen LogP contribution is -2.47. The van der Waals surface area contributed by atoms with E-state index in [1.54, 1.807) is 4.68 Å². The minimum Gasteiger partial charge on any atom is -0.373 e. The van der Waals surface area contributed by atoms with Crippen molar-refractivity contribution in [2.24, 2.45) is 0 Å². The van der Waals surface area contributed by atoms with Crippen LogP contribution in [0.1, 0.15) is 11.1 Å². The van der Waals surface area contributed by atoms with Crippen molar-refractivity contribution in [1.82, 2.24) is 29.9 Å². The van der Waals surface area contributed by atoms with Gasteiger partial charge >= 0.3 is 0 Å². The second kappa shape index (κ2) is 9.33. The molecular formula is C24H25N7O2. The lowest BCUT2D eigenvalue weighted by molar-refractivity contribution is -0.138. The average Bonchev–Trinajstić information content (AvgIpc) is 3.25. The van der Waals surface area contributed by atoms with Gasteiger partial charge in [-0.3, -0.25) is 4.79 Å². The fraction of sp³-hybridized carbons (Fsp3) is 0.292. The number of para-hydroxylation sites is 1. The van der Waals surface area contributed by atoms with E-state index in [4.69, 9.17) is 4.74 Å². The summed E-state index contributed by atoms with van der Waals surface area (Å²) in [5.74, 6) is 0.703. The van der Waals surface area contributed by atoms with Crippen molar-refractivity contribution < 1.29 is 9.53 Å². The van der Waals surface area contributed by atoms with E-state index in [2.05, 4.69) is 25.6 Å². The summed E-state index contributed by atoms with van der Waals surface area (Å²) in [5.41, 5.74) is 4.30. The van der Waals surface area contributed by atoms with Crippen LogP contribution in [0.2, 0.25) is 0 Å². The molecule has 0 saturated carbocycles. The Morgan fingerprint density at radius 2 is 1.94 bits per heavy atom. The first-order chi connectivity index (χ1) is 16.2. The molecule has 1 atom stereocenters. The second-order valence-electron chi connectivity index (χ2n) is 8.09. The van der Waals surface area contributed by atoms with E-state index < -0.39 is 0 Å². The molecule has 1 aliphatic heterocycles. The van der Waals surface area contributed by atoms with Crippen LogP contribution in [0.5, 0.6) is 0 Å². The summed E-state index contributed by atoms with van der Waals surface area (Å²) in [5, 5.41) is 11.8. The van der Waals surface area contributed by atoms with Crippen molar-refractivity contribution in [3.8, 4) is 0 Å². The Labute approximate surface area is 191 Å². The van der Waals surface area contributed by atoms with Crippen LogP contribution in [0.25, 0.3) is 11.2 Å². The van der Waals surface area contributed by atoms with Crippen molar-refractivity contribution in [3.63, 3.8) is 0 Å². The molecule has 9 nitrogen and oxygen atoms in total. The van der Waals surface area contributed by atoms with Gasteiger partial charge in [0.15, 0.2) is 17.0 Å². The van der Waals surface area contributed by atoms with Crippen LogP contribution in [0.3, 0.4) is 0 Å². The topological polar surface area (TPSA) is 98.1 Å². The first kappa shape index (κ1) is 21.0. The van der Waals surface area contributed by atoms with Crippen molar-refractivity contribution >= 4 is 28.6 Å². The van der Waals surface area contributed by atoms with Gasteiger partial charge < -0.3 is 15.0 Å². The average molecular weight is 444 g/mol. The highest BCUT2D eigenvalue weighted by Crippen LogP contribution is 2.21. The van der Waals surface area contributed by atoms with E-state index in [-0.39, 0.29) is 12.0 Å². The maximum absolute atomic E-state index is 12.9. The normalized spacial score (nSPS) is 16.2. The number of ether oxygens (including phenoxy) is 1. The molecule has 168 valence electrons. The molecule has 0 radical (unpaired) electrons. The minimum atomic E-state index is -0.190. The largest absolute Gasteiger partial charge is 0.373 e. The smallest absolute Gasteiger partial charge is 0.227 e. The number of rotatable bonds is 6. The SMILES string of the molecule is Cc1ccccc1CC(=O)N1CCOC(Cn2nnc3c(Nc4ccccc4)ncnc32)C1. The molecule has 1 saturated heterocycles. The fourth-order valence-electron chi connectivity index (χ4n) is 4.00. The third kappa shape index (κ3) is 4.68. The molecule has 9 heteroatoms. The molecule has 0 aliphatic carbocycles. The number of hydrogen-bond acceptors (Lipinski definition) is 7. The molecule has 1 N–H and O–H groups in total. The lowest BCUT2D eigenvalue weighted by Gasteiger charge is -2.33. The standard InChI is InChI=1S/C24H25N7O2/c1-17-7-5-6-8-18(17)13-21(32)30-11-12-33-20(14-30)15-31-24-22(28-29-31)23(25-16-26-24)27-19-9-3-2-4-10-19/h2-10,16,20H,11-15H2,1H3,(H,25,26,27). The molecule has 1 fully saturated rings. The zero-order valence-corrected chi connectivity index (χ0v) is 18.4. The van der Waals surface area contributed by atoms with Gasteiger partial charge in [0.2, 0.25) is 5.91 Å². The monoisotopic (exact) mass is 443 g/mol. The Kier molecular flexibility index (Phi) is 5.95. The molecule has 5 rings (SSSR count). The molecule has 33 heavy (non-hydrogen) atoms. The third-order valence-corrected chi connectivity index (χ3v) is 5.81. The number of anilines is 2. The van der Waals surface area contributed by atoms with Crippen LogP contribution in [-0.4, -0.2) is 61.6 Å². The predicted octanol–water partition coefficient (Wildman–Crippen LogP) is 2.74. The zero-order valence-electron chi connectivity index (χ0n) is 18.4. The Morgan fingerprint density at radius 3 is 2.79 bits per heavy atom. The van der Waals surface area contributed by atoms with E-state index >= 15 is 0 Å². The number of hydrogen-bond donors (Lipinski definition) is 1. The van der Waals surface area contributed by atoms with E-state index in [1.807, 2.05) is 66.4 Å². The summed E-state index contributed by atoms with van der Waals surface area (Å²) >= 11 is 0. The van der Waals surface area contributed by atoms with Crippen molar-refractivity contribution in [1.29, 1.82) is 0 Å². The molecule has 3 heterocycles. The van der Waals surface area contributed by atoms with Gasteiger partial charge in [-0.25, -0.2) is 14.6 Å². The molecular weight excluding hydrogens is 418 g/mol. The van der Waals surface area contributed by atoms with E-state index in [9.17, 15) is 4.79 Å². The number of fused-ring (bicyclic) bond motifs is 1. The number of benzene rings is 2. The van der Waals surface area contributed by atoms with Crippen LogP contribution in [0.15, 0.2) is 60.9 Å². The molecule has 4 aromatic rings. The molecule has 1 aliphatic rings. The zero-order chi connectivity index (χ0) is 22.6. The summed E-state index contributed by atoms with van der Waals surface area (Å²) in [6.45, 7) is 4.07. The van der Waals surface area contributed by atoms with Crippen molar-refractivity contribution in [3.05, 3.63) is 72.1 Å². The van der Waals surface area contributed by atoms with E-state index in [0.29, 0.717) is 49.6 Å². The Morgan fingerprint density at radius 1 is 1.12 bits per heavy atom. The number of nitrogens with zero attached hydrogens (tertiary/aromatic N) is 6. The number of morpholine rings is 1. The summed E-state index contributed by atoms with van der Waals surface area (Å²) in [7, 11) is 0. The molecule has 0 bridgehead atoms. The number of carbonyl (C=O) groups is 1. The van der Waals surface area contributed by atoms with Gasteiger partial charge in [0.1, 0.15) is 6.33 Å². The summed E-state index contributed by atoms with van der Waals surface area (Å²) < 4.78 is 7.65. The van der Waals surface area contributed by atoms with Gasteiger partial charge in [-0.15, -0.1) is 5.10 Å². The van der Waals surface area contributed by atoms with Crippen LogP contribution >= 0.6 is 0 Å². The summed E-state index contributed by atoms with van der Waals surface area (Å²) in [4.78, 5) is 23.5. The van der Waals surface area contributed by atoms with Gasteiger partial charge in [0.25, 0.3) is 0 Å². The Balaban J connectivity index is 1.28. The van der Waals surface area contributed by atoms with E-state index in [0.717, 1.165) is 16.8 Å². The van der Waals surface area contributed by atoms with Gasteiger partial charge in [-0.1, -0.05) is 47.7 Å². The molecule has 2 aromatic carbocycles. The van der Waals surface area contributed by atoms with Crippen LogP contribution in [0, 0.1) is 6.92 Å². The quantitative estimate of drug-likeness (QED) is 0.489. The number of amides is 1. The third-order valence-electron chi connectivity index (χ3n) is 5.81. The maximum Gasteiger partial charge on any atom is 0.227 e. The highest BCUT2D eigenvalue weighted by Gasteiger charge is 2.26. The fourth-order valence-corrected chi connectivity index (χ4v) is 4.00. The van der Waals surface area contributed by atoms with Crippen LogP contribution in [-0.2, 0) is 22.5 Å². The maximum atomic E-state index is 12.9. The summed E-state index contributed by atoms with van der Waals surface area (Å²) in [6.07, 6.45) is 1.70.